The van der Waals surface area contributed by atoms with Crippen LogP contribution in [0.2, 0.25) is 0 Å². The summed E-state index contributed by atoms with van der Waals surface area (Å²) in [5.74, 6) is 0. The van der Waals surface area contributed by atoms with Crippen LogP contribution < -0.4 is 5.32 Å². The number of hydrogen-bond acceptors (Lipinski definition) is 4. The summed E-state index contributed by atoms with van der Waals surface area (Å²) in [5.41, 5.74) is 3.77. The molecular formula is C20H22N6O. The van der Waals surface area contributed by atoms with E-state index in [4.69, 9.17) is 0 Å². The van der Waals surface area contributed by atoms with Gasteiger partial charge in [0.2, 0.25) is 0 Å². The summed E-state index contributed by atoms with van der Waals surface area (Å²) < 4.78 is 1.82. The Hall–Kier alpha value is -3.22. The number of nitrogens with one attached hydrogen (secondary N) is 1. The van der Waals surface area contributed by atoms with Crippen molar-refractivity contribution in [1.29, 1.82) is 0 Å². The van der Waals surface area contributed by atoms with Gasteiger partial charge in [0.15, 0.2) is 0 Å². The molecule has 1 aromatic carbocycles. The molecule has 0 radical (unpaired) electrons. The predicted octanol–water partition coefficient (Wildman–Crippen LogP) is 3.59. The number of carbonyl (C=O) groups excluding carboxylic acids is 1. The molecule has 1 aliphatic rings. The monoisotopic (exact) mass is 362 g/mol. The first-order chi connectivity index (χ1) is 13.3. The largest absolute Gasteiger partial charge is 0.322 e. The summed E-state index contributed by atoms with van der Waals surface area (Å²) in [6.45, 7) is 2.82. The van der Waals surface area contributed by atoms with Gasteiger partial charge in [-0.2, -0.15) is 0 Å². The van der Waals surface area contributed by atoms with E-state index >= 15 is 0 Å². The fraction of sp³-hybridized carbons (Fsp3) is 0.300. The van der Waals surface area contributed by atoms with Gasteiger partial charge < -0.3 is 10.2 Å². The number of urea groups is 1. The van der Waals surface area contributed by atoms with E-state index in [9.17, 15) is 4.79 Å². The van der Waals surface area contributed by atoms with E-state index in [-0.39, 0.29) is 12.1 Å². The van der Waals surface area contributed by atoms with Crippen LogP contribution in [0.15, 0.2) is 55.2 Å². The molecule has 0 unspecified atom stereocenters. The van der Waals surface area contributed by atoms with Crippen molar-refractivity contribution < 1.29 is 4.79 Å². The molecule has 0 spiro atoms. The highest BCUT2D eigenvalue weighted by Crippen LogP contribution is 2.31. The normalized spacial score (nSPS) is 16.5. The number of benzene rings is 1. The number of anilines is 1. The third kappa shape index (κ3) is 3.53. The fourth-order valence-corrected chi connectivity index (χ4v) is 3.56. The van der Waals surface area contributed by atoms with Crippen LogP contribution >= 0.6 is 0 Å². The zero-order valence-electron chi connectivity index (χ0n) is 15.2. The number of aryl methyl sites for hydroxylation is 1. The average Bonchev–Trinajstić information content (AvgIpc) is 3.40. The van der Waals surface area contributed by atoms with Gasteiger partial charge in [-0.05, 0) is 49.1 Å². The fourth-order valence-electron chi connectivity index (χ4n) is 3.56. The van der Waals surface area contributed by atoms with Crippen LogP contribution in [-0.4, -0.2) is 37.2 Å². The number of rotatable bonds is 4. The van der Waals surface area contributed by atoms with E-state index in [0.29, 0.717) is 0 Å². The van der Waals surface area contributed by atoms with Gasteiger partial charge in [0.05, 0.1) is 17.4 Å². The van der Waals surface area contributed by atoms with E-state index in [2.05, 4.69) is 27.4 Å². The van der Waals surface area contributed by atoms with Crippen LogP contribution in [0.1, 0.15) is 37.1 Å². The number of carbonyl (C=O) groups is 1. The van der Waals surface area contributed by atoms with Crippen LogP contribution in [0.25, 0.3) is 5.69 Å². The first-order valence-corrected chi connectivity index (χ1v) is 9.22. The van der Waals surface area contributed by atoms with Crippen molar-refractivity contribution in [2.24, 2.45) is 0 Å². The van der Waals surface area contributed by atoms with Gasteiger partial charge in [-0.15, -0.1) is 10.2 Å². The van der Waals surface area contributed by atoms with Gasteiger partial charge >= 0.3 is 6.03 Å². The van der Waals surface area contributed by atoms with Gasteiger partial charge in [-0.25, -0.2) is 4.79 Å². The third-order valence-electron chi connectivity index (χ3n) is 4.98. The van der Waals surface area contributed by atoms with Crippen molar-refractivity contribution in [1.82, 2.24) is 24.6 Å². The van der Waals surface area contributed by atoms with Crippen molar-refractivity contribution in [2.45, 2.75) is 32.2 Å². The lowest BCUT2D eigenvalue weighted by atomic mass is 10.1. The Morgan fingerprint density at radius 3 is 2.81 bits per heavy atom. The molecular weight excluding hydrogens is 340 g/mol. The second-order valence-corrected chi connectivity index (χ2v) is 6.60. The number of hydrogen-bond donors (Lipinski definition) is 1. The number of amides is 2. The van der Waals surface area contributed by atoms with Crippen LogP contribution in [0.4, 0.5) is 10.5 Å². The molecule has 3 aromatic rings. The molecule has 2 aromatic heterocycles. The van der Waals surface area contributed by atoms with E-state index in [1.165, 1.54) is 0 Å². The van der Waals surface area contributed by atoms with Crippen LogP contribution in [0, 0.1) is 0 Å². The Labute approximate surface area is 158 Å². The Morgan fingerprint density at radius 2 is 2.07 bits per heavy atom. The maximum Gasteiger partial charge on any atom is 0.322 e. The molecule has 7 heteroatoms. The van der Waals surface area contributed by atoms with Gasteiger partial charge in [0.25, 0.3) is 0 Å². The molecule has 0 bridgehead atoms. The number of pyridine rings is 1. The Kier molecular flexibility index (Phi) is 4.82. The van der Waals surface area contributed by atoms with Crippen molar-refractivity contribution in [3.63, 3.8) is 0 Å². The lowest BCUT2D eigenvalue weighted by Gasteiger charge is -2.25. The lowest BCUT2D eigenvalue weighted by molar-refractivity contribution is 0.206. The number of nitrogens with zero attached hydrogens (tertiary/aromatic N) is 5. The molecule has 1 aliphatic heterocycles. The molecule has 1 atom stereocenters. The first-order valence-electron chi connectivity index (χ1n) is 9.22. The van der Waals surface area contributed by atoms with Gasteiger partial charge in [-0.1, -0.05) is 19.1 Å². The third-order valence-corrected chi connectivity index (χ3v) is 4.98. The Balaban J connectivity index is 1.58. The molecule has 4 rings (SSSR count). The highest BCUT2D eigenvalue weighted by Gasteiger charge is 2.31. The summed E-state index contributed by atoms with van der Waals surface area (Å²) >= 11 is 0. The van der Waals surface area contributed by atoms with E-state index in [0.717, 1.165) is 48.4 Å². The summed E-state index contributed by atoms with van der Waals surface area (Å²) in [7, 11) is 0. The predicted molar refractivity (Wildman–Crippen MR) is 103 cm³/mol. The maximum absolute atomic E-state index is 13.0. The van der Waals surface area contributed by atoms with E-state index in [1.807, 2.05) is 45.9 Å². The lowest BCUT2D eigenvalue weighted by Crippen LogP contribution is -2.35. The highest BCUT2D eigenvalue weighted by atomic mass is 16.2. The van der Waals surface area contributed by atoms with Crippen molar-refractivity contribution in [3.05, 3.63) is 66.5 Å². The van der Waals surface area contributed by atoms with Crippen LogP contribution in [0.3, 0.4) is 0 Å². The van der Waals surface area contributed by atoms with Crippen molar-refractivity contribution >= 4 is 11.7 Å². The standard InChI is InChI=1S/C20H22N6O/c1-2-15-8-9-16(25-13-22-23-14-25)12-18(15)24-20(27)26-11-5-7-19(26)17-6-3-4-10-21-17/h3-4,6,8-10,12-14,19H,2,5,7,11H2,1H3,(H,24,27)/t19-/m1/s1. The second-order valence-electron chi connectivity index (χ2n) is 6.60. The summed E-state index contributed by atoms with van der Waals surface area (Å²) in [6, 6.07) is 11.8. The van der Waals surface area contributed by atoms with Gasteiger partial charge in [0.1, 0.15) is 12.7 Å². The maximum atomic E-state index is 13.0. The topological polar surface area (TPSA) is 75.9 Å². The van der Waals surface area contributed by atoms with Gasteiger partial charge in [-0.3, -0.25) is 9.55 Å². The van der Waals surface area contributed by atoms with E-state index in [1.54, 1.807) is 18.9 Å². The zero-order valence-corrected chi connectivity index (χ0v) is 15.2. The smallest absolute Gasteiger partial charge is 0.316 e. The molecule has 2 amide bonds. The summed E-state index contributed by atoms with van der Waals surface area (Å²) in [6.07, 6.45) is 7.82. The number of likely N-dealkylation sites (tertiary alicyclic amines) is 1. The summed E-state index contributed by atoms with van der Waals surface area (Å²) in [4.78, 5) is 19.3. The second kappa shape index (κ2) is 7.57. The molecule has 138 valence electrons. The molecule has 0 aliphatic carbocycles. The molecule has 0 saturated carbocycles. The number of aromatic nitrogens is 4. The molecule has 27 heavy (non-hydrogen) atoms. The molecule has 7 nitrogen and oxygen atoms in total. The summed E-state index contributed by atoms with van der Waals surface area (Å²) in [5, 5.41) is 10.8. The molecule has 1 saturated heterocycles. The van der Waals surface area contributed by atoms with Crippen LogP contribution in [-0.2, 0) is 6.42 Å². The molecule has 3 heterocycles. The van der Waals surface area contributed by atoms with E-state index < -0.39 is 0 Å². The van der Waals surface area contributed by atoms with Crippen LogP contribution in [0.5, 0.6) is 0 Å². The van der Waals surface area contributed by atoms with Gasteiger partial charge in [0, 0.05) is 18.4 Å². The molecule has 1 N–H and O–H groups in total. The minimum atomic E-state index is -0.0845. The van der Waals surface area contributed by atoms with Crippen molar-refractivity contribution in [2.75, 3.05) is 11.9 Å². The molecule has 1 fully saturated rings. The minimum absolute atomic E-state index is 0.0253. The first kappa shape index (κ1) is 17.2. The Morgan fingerprint density at radius 1 is 1.22 bits per heavy atom. The van der Waals surface area contributed by atoms with Crippen molar-refractivity contribution in [3.8, 4) is 5.69 Å². The Bertz CT molecular complexity index is 909. The average molecular weight is 362 g/mol. The highest BCUT2D eigenvalue weighted by molar-refractivity contribution is 5.91. The zero-order chi connectivity index (χ0) is 18.6. The quantitative estimate of drug-likeness (QED) is 0.769. The SMILES string of the molecule is CCc1ccc(-n2cnnc2)cc1NC(=O)N1CCC[C@@H]1c1ccccn1. The minimum Gasteiger partial charge on any atom is -0.316 e.